The molecule has 10 nitrogen and oxygen atoms in total. The molecule has 2 aromatic carbocycles. The Kier molecular flexibility index (Phi) is 9.14. The van der Waals surface area contributed by atoms with Crippen molar-refractivity contribution in [2.24, 2.45) is 0 Å². The number of carbonyl (C=O) groups is 2. The van der Waals surface area contributed by atoms with Gasteiger partial charge in [0, 0.05) is 33.9 Å². The number of aromatic nitrogens is 2. The Bertz CT molecular complexity index is 1590. The summed E-state index contributed by atoms with van der Waals surface area (Å²) in [4.78, 5) is 44.0. The molecule has 5 rings (SSSR count). The number of benzene rings is 2. The highest BCUT2D eigenvalue weighted by Gasteiger charge is 2.49. The molecule has 4 atom stereocenters. The summed E-state index contributed by atoms with van der Waals surface area (Å²) in [7, 11) is -3.58. The molecular formula is C29H31Cl2N5O5S. The van der Waals surface area contributed by atoms with Crippen molar-refractivity contribution < 1.29 is 22.8 Å². The number of rotatable bonds is 8. The number of amides is 2. The number of carbonyl (C=O) groups excluding carboxylic acids is 2. The molecular weight excluding hydrogens is 601 g/mol. The Balaban J connectivity index is 1.58. The summed E-state index contributed by atoms with van der Waals surface area (Å²) in [5.41, 5.74) is 5.20. The third kappa shape index (κ3) is 6.60. The van der Waals surface area contributed by atoms with E-state index in [1.165, 1.54) is 0 Å². The number of aryl methyl sites for hydroxylation is 1. The Morgan fingerprint density at radius 1 is 1.07 bits per heavy atom. The normalized spacial score (nSPS) is 22.5. The highest BCUT2D eigenvalue weighted by atomic mass is 35.5. The highest BCUT2D eigenvalue weighted by Crippen LogP contribution is 2.47. The summed E-state index contributed by atoms with van der Waals surface area (Å²) in [6, 6.07) is 9.87. The molecule has 2 heterocycles. The highest BCUT2D eigenvalue weighted by molar-refractivity contribution is 7.88. The Morgan fingerprint density at radius 3 is 2.55 bits per heavy atom. The van der Waals surface area contributed by atoms with E-state index in [4.69, 9.17) is 28.0 Å². The minimum Gasteiger partial charge on any atom is -0.326 e. The van der Waals surface area contributed by atoms with E-state index in [0.717, 1.165) is 24.8 Å². The second kappa shape index (κ2) is 12.6. The summed E-state index contributed by atoms with van der Waals surface area (Å²) in [6.45, 7) is 1.79. The van der Waals surface area contributed by atoms with Crippen molar-refractivity contribution in [1.82, 2.24) is 25.1 Å². The quantitative estimate of drug-likeness (QED) is 0.350. The van der Waals surface area contributed by atoms with Gasteiger partial charge in [-0.25, -0.2) is 18.6 Å². The molecule has 2 N–H and O–H groups in total. The van der Waals surface area contributed by atoms with Crippen molar-refractivity contribution in [2.45, 2.75) is 63.3 Å². The van der Waals surface area contributed by atoms with E-state index in [0.29, 0.717) is 40.2 Å². The second-order valence-electron chi connectivity index (χ2n) is 10.6. The predicted octanol–water partition coefficient (Wildman–Crippen LogP) is 4.48. The van der Waals surface area contributed by atoms with Crippen LogP contribution in [0.5, 0.6) is 0 Å². The van der Waals surface area contributed by atoms with Gasteiger partial charge in [0.1, 0.15) is 6.61 Å². The lowest BCUT2D eigenvalue weighted by Crippen LogP contribution is -2.59. The van der Waals surface area contributed by atoms with Crippen LogP contribution in [0.3, 0.4) is 0 Å². The van der Waals surface area contributed by atoms with Crippen molar-refractivity contribution in [3.63, 3.8) is 0 Å². The molecule has 1 aliphatic carbocycles. The fraction of sp³-hybridized carbons (Fsp3) is 0.379. The number of nitrogens with zero attached hydrogens (tertiary/aromatic N) is 3. The summed E-state index contributed by atoms with van der Waals surface area (Å²) in [5, 5.41) is 0.678. The predicted molar refractivity (Wildman–Crippen MR) is 158 cm³/mol. The van der Waals surface area contributed by atoms with Gasteiger partial charge in [-0.15, -0.1) is 0 Å². The van der Waals surface area contributed by atoms with Gasteiger partial charge in [0.2, 0.25) is 10.0 Å². The molecule has 0 bridgehead atoms. The SMILES string of the molecule is Cc1cnc(CONC(=O)[C@@H]2c3ccccc3C(=O)N(C3CCCC[C@@H]3NS(C)(=O)=O)[C@H]2c2ccc(Cl)cc2Cl)cn1. The van der Waals surface area contributed by atoms with Gasteiger partial charge in [-0.05, 0) is 49.1 Å². The number of fused-ring (bicyclic) bond motifs is 1. The lowest BCUT2D eigenvalue weighted by molar-refractivity contribution is -0.138. The van der Waals surface area contributed by atoms with E-state index in [1.807, 2.05) is 6.92 Å². The van der Waals surface area contributed by atoms with Crippen LogP contribution in [0.2, 0.25) is 10.0 Å². The van der Waals surface area contributed by atoms with Crippen molar-refractivity contribution in [3.05, 3.63) is 93.0 Å². The van der Waals surface area contributed by atoms with E-state index in [2.05, 4.69) is 20.2 Å². The first-order valence-corrected chi connectivity index (χ1v) is 16.2. The Hall–Kier alpha value is -3.09. The minimum absolute atomic E-state index is 0.0224. The zero-order valence-electron chi connectivity index (χ0n) is 23.1. The van der Waals surface area contributed by atoms with Crippen LogP contribution >= 0.6 is 23.2 Å². The number of hydroxylamine groups is 1. The van der Waals surface area contributed by atoms with Crippen molar-refractivity contribution >= 4 is 45.0 Å². The molecule has 3 aromatic rings. The van der Waals surface area contributed by atoms with E-state index in [9.17, 15) is 18.0 Å². The standard InChI is InChI=1S/C29H31Cl2N5O5S/c1-17-14-33-19(15-32-17)16-41-34-28(37)26-20-7-3-4-8-21(20)29(38)36(27(26)22-12-11-18(30)13-23(22)31)25-10-6-5-9-24(25)35-42(2,39)40/h3-4,7-8,11-15,24-27,35H,5-6,9-10,16H2,1-2H3,(H,34,37)/t24-,25?,26+,27-/m0/s1. The molecule has 0 spiro atoms. The fourth-order valence-electron chi connectivity index (χ4n) is 5.87. The number of hydrogen-bond acceptors (Lipinski definition) is 7. The topological polar surface area (TPSA) is 131 Å². The molecule has 13 heteroatoms. The molecule has 1 unspecified atom stereocenters. The molecule has 1 aliphatic heterocycles. The van der Waals surface area contributed by atoms with Gasteiger partial charge in [0.05, 0.1) is 35.8 Å². The molecule has 0 saturated heterocycles. The maximum absolute atomic E-state index is 14.3. The molecule has 2 aliphatic rings. The molecule has 0 radical (unpaired) electrons. The van der Waals surface area contributed by atoms with Crippen molar-refractivity contribution in [3.8, 4) is 0 Å². The Labute approximate surface area is 254 Å². The maximum atomic E-state index is 14.3. The summed E-state index contributed by atoms with van der Waals surface area (Å²) in [6.07, 6.45) is 6.94. The average Bonchev–Trinajstić information content (AvgIpc) is 2.94. The smallest absolute Gasteiger partial charge is 0.255 e. The summed E-state index contributed by atoms with van der Waals surface area (Å²) in [5.74, 6) is -1.75. The monoisotopic (exact) mass is 631 g/mol. The van der Waals surface area contributed by atoms with Gasteiger partial charge in [-0.3, -0.25) is 24.4 Å². The Morgan fingerprint density at radius 2 is 1.83 bits per heavy atom. The van der Waals surface area contributed by atoms with Crippen LogP contribution in [0.15, 0.2) is 54.9 Å². The third-order valence-corrected chi connectivity index (χ3v) is 8.91. The van der Waals surface area contributed by atoms with Gasteiger partial charge in [0.15, 0.2) is 0 Å². The lowest BCUT2D eigenvalue weighted by atomic mass is 9.76. The van der Waals surface area contributed by atoms with Crippen LogP contribution in [0.4, 0.5) is 0 Å². The summed E-state index contributed by atoms with van der Waals surface area (Å²) >= 11 is 13.0. The number of halogens is 2. The molecule has 1 saturated carbocycles. The third-order valence-electron chi connectivity index (χ3n) is 7.62. The molecule has 42 heavy (non-hydrogen) atoms. The van der Waals surface area contributed by atoms with Crippen molar-refractivity contribution in [2.75, 3.05) is 6.26 Å². The van der Waals surface area contributed by atoms with Gasteiger partial charge < -0.3 is 4.90 Å². The molecule has 2 amide bonds. The molecule has 222 valence electrons. The largest absolute Gasteiger partial charge is 0.326 e. The van der Waals surface area contributed by atoms with E-state index >= 15 is 0 Å². The number of sulfonamides is 1. The van der Waals surface area contributed by atoms with Gasteiger partial charge in [0.25, 0.3) is 11.8 Å². The van der Waals surface area contributed by atoms with Crippen molar-refractivity contribution in [1.29, 1.82) is 0 Å². The van der Waals surface area contributed by atoms with Crippen LogP contribution in [0.25, 0.3) is 0 Å². The average molecular weight is 633 g/mol. The number of hydrogen-bond donors (Lipinski definition) is 2. The van der Waals surface area contributed by atoms with Crippen LogP contribution in [-0.4, -0.2) is 53.4 Å². The maximum Gasteiger partial charge on any atom is 0.255 e. The minimum atomic E-state index is -3.58. The lowest BCUT2D eigenvalue weighted by Gasteiger charge is -2.49. The van der Waals surface area contributed by atoms with Crippen LogP contribution < -0.4 is 10.2 Å². The zero-order chi connectivity index (χ0) is 30.0. The zero-order valence-corrected chi connectivity index (χ0v) is 25.4. The molecule has 1 fully saturated rings. The first-order chi connectivity index (χ1) is 20.0. The van der Waals surface area contributed by atoms with E-state index in [1.54, 1.807) is 59.8 Å². The first kappa shape index (κ1) is 30.4. The van der Waals surface area contributed by atoms with Crippen LogP contribution in [-0.2, 0) is 26.3 Å². The second-order valence-corrected chi connectivity index (χ2v) is 13.3. The summed E-state index contributed by atoms with van der Waals surface area (Å²) < 4.78 is 27.4. The van der Waals surface area contributed by atoms with E-state index in [-0.39, 0.29) is 17.5 Å². The van der Waals surface area contributed by atoms with Crippen LogP contribution in [0.1, 0.15) is 70.5 Å². The number of nitrogens with one attached hydrogen (secondary N) is 2. The molecule has 1 aromatic heterocycles. The van der Waals surface area contributed by atoms with Crippen LogP contribution in [0, 0.1) is 6.92 Å². The first-order valence-electron chi connectivity index (χ1n) is 13.6. The van der Waals surface area contributed by atoms with Gasteiger partial charge in [-0.1, -0.05) is 60.3 Å². The van der Waals surface area contributed by atoms with E-state index < -0.39 is 40.0 Å². The fourth-order valence-corrected chi connectivity index (χ4v) is 7.21. The van der Waals surface area contributed by atoms with Gasteiger partial charge >= 0.3 is 0 Å². The van der Waals surface area contributed by atoms with Gasteiger partial charge in [-0.2, -0.15) is 0 Å².